The zero-order valence-corrected chi connectivity index (χ0v) is 14.5. The van der Waals surface area contributed by atoms with Crippen LogP contribution in [0.15, 0.2) is 22.7 Å². The smallest absolute Gasteiger partial charge is 0.408 e. The second-order valence-corrected chi connectivity index (χ2v) is 7.55. The normalized spacial score (nSPS) is 32.2. The average molecular weight is 381 g/mol. The second-order valence-electron chi connectivity index (χ2n) is 6.64. The number of carbonyl (C=O) groups excluding carboxylic acids is 1. The Morgan fingerprint density at radius 2 is 2.17 bits per heavy atom. The van der Waals surface area contributed by atoms with Crippen LogP contribution < -0.4 is 5.32 Å². The molecule has 2 atom stereocenters. The molecule has 1 aromatic carbocycles. The summed E-state index contributed by atoms with van der Waals surface area (Å²) in [5, 5.41) is 2.98. The zero-order chi connectivity index (χ0) is 15.8. The maximum atomic E-state index is 12.3. The number of rotatable bonds is 2. The first-order chi connectivity index (χ1) is 11.2. The number of hydrogen-bond acceptors (Lipinski definition) is 4. The van der Waals surface area contributed by atoms with Crippen molar-refractivity contribution in [1.29, 1.82) is 0 Å². The lowest BCUT2D eigenvalue weighted by Crippen LogP contribution is -2.53. The molecule has 0 aliphatic carbocycles. The Hall–Kier alpha value is -1.11. The highest BCUT2D eigenvalue weighted by atomic mass is 79.9. The number of halogens is 1. The Morgan fingerprint density at radius 1 is 1.35 bits per heavy atom. The number of amides is 1. The Bertz CT molecular complexity index is 602. The fourth-order valence-corrected chi connectivity index (χ4v) is 4.30. The first kappa shape index (κ1) is 15.4. The van der Waals surface area contributed by atoms with Gasteiger partial charge in [-0.05, 0) is 55.1 Å². The number of alkyl carbamates (subject to hydrolysis) is 1. The van der Waals surface area contributed by atoms with E-state index in [-0.39, 0.29) is 18.2 Å². The van der Waals surface area contributed by atoms with E-state index in [9.17, 15) is 4.79 Å². The van der Waals surface area contributed by atoms with E-state index in [4.69, 9.17) is 9.47 Å². The number of nitrogens with zero attached hydrogens (tertiary/aromatic N) is 1. The van der Waals surface area contributed by atoms with Gasteiger partial charge in [0.2, 0.25) is 0 Å². The maximum absolute atomic E-state index is 12.3. The van der Waals surface area contributed by atoms with Gasteiger partial charge >= 0.3 is 6.09 Å². The molecule has 6 heteroatoms. The molecule has 1 aromatic rings. The highest BCUT2D eigenvalue weighted by molar-refractivity contribution is 9.10. The highest BCUT2D eigenvalue weighted by Crippen LogP contribution is 2.30. The van der Waals surface area contributed by atoms with Crippen molar-refractivity contribution in [3.63, 3.8) is 0 Å². The van der Waals surface area contributed by atoms with Crippen LogP contribution in [0.5, 0.6) is 0 Å². The van der Waals surface area contributed by atoms with Crippen molar-refractivity contribution in [1.82, 2.24) is 10.2 Å². The third-order valence-corrected chi connectivity index (χ3v) is 5.66. The van der Waals surface area contributed by atoms with E-state index in [0.29, 0.717) is 19.1 Å². The molecule has 2 bridgehead atoms. The van der Waals surface area contributed by atoms with Crippen molar-refractivity contribution in [3.8, 4) is 0 Å². The summed E-state index contributed by atoms with van der Waals surface area (Å²) in [5.41, 5.74) is 2.23. The molecule has 1 unspecified atom stereocenters. The highest BCUT2D eigenvalue weighted by Gasteiger charge is 2.37. The van der Waals surface area contributed by atoms with Crippen molar-refractivity contribution in [2.24, 2.45) is 5.92 Å². The molecule has 124 valence electrons. The van der Waals surface area contributed by atoms with Gasteiger partial charge < -0.3 is 14.8 Å². The lowest BCUT2D eigenvalue weighted by molar-refractivity contribution is -0.0353. The van der Waals surface area contributed by atoms with Crippen molar-refractivity contribution >= 4 is 22.0 Å². The first-order valence-electron chi connectivity index (χ1n) is 8.24. The molecule has 0 radical (unpaired) electrons. The van der Waals surface area contributed by atoms with Crippen LogP contribution in [0.4, 0.5) is 4.79 Å². The Labute approximate surface area is 144 Å². The molecule has 0 saturated carbocycles. The summed E-state index contributed by atoms with van der Waals surface area (Å²) in [6.45, 7) is 4.24. The Morgan fingerprint density at radius 3 is 2.91 bits per heavy atom. The van der Waals surface area contributed by atoms with Crippen LogP contribution in [-0.4, -0.2) is 43.3 Å². The van der Waals surface area contributed by atoms with Gasteiger partial charge in [-0.2, -0.15) is 0 Å². The molecule has 1 amide bonds. The zero-order valence-electron chi connectivity index (χ0n) is 13.0. The van der Waals surface area contributed by atoms with E-state index in [1.165, 1.54) is 0 Å². The van der Waals surface area contributed by atoms with Gasteiger partial charge in [-0.1, -0.05) is 22.0 Å². The molecule has 23 heavy (non-hydrogen) atoms. The molecule has 3 fully saturated rings. The number of hydrogen-bond donors (Lipinski definition) is 1. The largest absolute Gasteiger partial charge is 0.445 e. The van der Waals surface area contributed by atoms with Gasteiger partial charge in [0.15, 0.2) is 0 Å². The first-order valence-corrected chi connectivity index (χ1v) is 9.04. The third-order valence-electron chi connectivity index (χ3n) is 5.17. The quantitative estimate of drug-likeness (QED) is 0.856. The molecule has 4 aliphatic heterocycles. The number of nitrogens with one attached hydrogen (secondary N) is 1. The van der Waals surface area contributed by atoms with Gasteiger partial charge in [0.25, 0.3) is 0 Å². The standard InChI is InChI=1S/C17H21BrN2O3/c18-13-1-2-14-12(7-13)9-22-10-15(14)19-17(21)23-16-8-20-5-3-11(16)4-6-20/h1-2,7,11,15-16H,3-6,8-10H2,(H,19,21)/t15?,16-/m1/s1. The van der Waals surface area contributed by atoms with E-state index in [1.54, 1.807) is 0 Å². The fourth-order valence-electron chi connectivity index (χ4n) is 3.89. The lowest BCUT2D eigenvalue weighted by Gasteiger charge is -2.44. The minimum absolute atomic E-state index is 0.0337. The lowest BCUT2D eigenvalue weighted by atomic mass is 9.86. The second kappa shape index (κ2) is 6.42. The summed E-state index contributed by atoms with van der Waals surface area (Å²) in [7, 11) is 0. The van der Waals surface area contributed by atoms with Crippen molar-refractivity contribution in [2.45, 2.75) is 31.6 Å². The van der Waals surface area contributed by atoms with Crippen LogP contribution in [0.2, 0.25) is 0 Å². The number of fused-ring (bicyclic) bond motifs is 4. The topological polar surface area (TPSA) is 50.8 Å². The molecule has 4 aliphatic rings. The summed E-state index contributed by atoms with van der Waals surface area (Å²) >= 11 is 3.47. The number of piperidine rings is 3. The summed E-state index contributed by atoms with van der Waals surface area (Å²) < 4.78 is 12.3. The molecule has 5 rings (SSSR count). The number of carbonyl (C=O) groups is 1. The van der Waals surface area contributed by atoms with Crippen LogP contribution in [0.25, 0.3) is 0 Å². The van der Waals surface area contributed by atoms with Crippen LogP contribution in [0.1, 0.15) is 30.0 Å². The molecular formula is C17H21BrN2O3. The van der Waals surface area contributed by atoms with Gasteiger partial charge in [-0.3, -0.25) is 4.90 Å². The Kier molecular flexibility index (Phi) is 4.30. The van der Waals surface area contributed by atoms with Crippen LogP contribution >= 0.6 is 15.9 Å². The van der Waals surface area contributed by atoms with Crippen LogP contribution in [0.3, 0.4) is 0 Å². The molecule has 5 nitrogen and oxygen atoms in total. The summed E-state index contributed by atoms with van der Waals surface area (Å²) in [6.07, 6.45) is 1.99. The Balaban J connectivity index is 1.40. The third kappa shape index (κ3) is 3.25. The van der Waals surface area contributed by atoms with Crippen molar-refractivity contribution < 1.29 is 14.3 Å². The van der Waals surface area contributed by atoms with Gasteiger partial charge in [0.1, 0.15) is 6.10 Å². The minimum atomic E-state index is -0.326. The van der Waals surface area contributed by atoms with E-state index in [0.717, 1.165) is 48.1 Å². The van der Waals surface area contributed by atoms with E-state index >= 15 is 0 Å². The summed E-state index contributed by atoms with van der Waals surface area (Å²) in [4.78, 5) is 14.7. The predicted octanol–water partition coefficient (Wildman–Crippen LogP) is 2.84. The number of benzene rings is 1. The molecule has 1 N–H and O–H groups in total. The molecule has 4 heterocycles. The van der Waals surface area contributed by atoms with Gasteiger partial charge in [0.05, 0.1) is 19.3 Å². The average Bonchev–Trinajstić information content (AvgIpc) is 2.56. The maximum Gasteiger partial charge on any atom is 0.408 e. The van der Waals surface area contributed by atoms with Crippen LogP contribution in [0, 0.1) is 5.92 Å². The fraction of sp³-hybridized carbons (Fsp3) is 0.588. The summed E-state index contributed by atoms with van der Waals surface area (Å²) in [6, 6.07) is 5.95. The molecular weight excluding hydrogens is 360 g/mol. The van der Waals surface area contributed by atoms with E-state index < -0.39 is 0 Å². The molecule has 3 saturated heterocycles. The minimum Gasteiger partial charge on any atom is -0.445 e. The van der Waals surface area contributed by atoms with Crippen molar-refractivity contribution in [2.75, 3.05) is 26.2 Å². The SMILES string of the molecule is O=C(NC1COCc2cc(Br)ccc21)O[C@@H]1CN2CCC1CC2. The predicted molar refractivity (Wildman–Crippen MR) is 89.1 cm³/mol. The molecule has 0 spiro atoms. The van der Waals surface area contributed by atoms with E-state index in [2.05, 4.69) is 26.1 Å². The monoisotopic (exact) mass is 380 g/mol. The van der Waals surface area contributed by atoms with Gasteiger partial charge in [-0.25, -0.2) is 4.79 Å². The van der Waals surface area contributed by atoms with Gasteiger partial charge in [-0.15, -0.1) is 0 Å². The van der Waals surface area contributed by atoms with Gasteiger partial charge in [0, 0.05) is 11.0 Å². The molecule has 0 aromatic heterocycles. The van der Waals surface area contributed by atoms with E-state index in [1.807, 2.05) is 18.2 Å². The van der Waals surface area contributed by atoms with Crippen LogP contribution in [-0.2, 0) is 16.1 Å². The number of ether oxygens (including phenoxy) is 2. The summed E-state index contributed by atoms with van der Waals surface area (Å²) in [5.74, 6) is 0.525. The van der Waals surface area contributed by atoms with Crippen molar-refractivity contribution in [3.05, 3.63) is 33.8 Å².